The highest BCUT2D eigenvalue weighted by Gasteiger charge is 2.64. The van der Waals surface area contributed by atoms with Crippen LogP contribution in [0, 0.1) is 23.2 Å². The molecule has 2 saturated carbocycles. The van der Waals surface area contributed by atoms with Gasteiger partial charge in [0.2, 0.25) is 12.0 Å². The van der Waals surface area contributed by atoms with Gasteiger partial charge in [-0.3, -0.25) is 14.4 Å². The summed E-state index contributed by atoms with van der Waals surface area (Å²) in [6.07, 6.45) is 2.59. The predicted molar refractivity (Wildman–Crippen MR) is 141 cm³/mol. The van der Waals surface area contributed by atoms with Crippen LogP contribution in [0.1, 0.15) is 57.4 Å². The minimum atomic E-state index is -1.29. The maximum absolute atomic E-state index is 13.4. The van der Waals surface area contributed by atoms with E-state index in [1.807, 2.05) is 49.4 Å². The standard InChI is InChI=1S/C30H35NO8/c1-2-16-30(29(37)31-18-19-12-14-22(15-13-19)38-21-10-4-3-5-11-21)17-23(24(30)26(32)33)28(36)39-25(27(34)35)20-8-6-7-9-20/h3-5,10-15,20,23-25H,2,6-9,16-18H2,1H3,(H,31,37)(H,32,33)(H,34,35). The first kappa shape index (κ1) is 28.1. The van der Waals surface area contributed by atoms with Gasteiger partial charge in [0.05, 0.1) is 17.3 Å². The molecule has 0 bridgehead atoms. The van der Waals surface area contributed by atoms with Gasteiger partial charge in [0.1, 0.15) is 11.5 Å². The zero-order valence-electron chi connectivity index (χ0n) is 22.0. The highest BCUT2D eigenvalue weighted by Crippen LogP contribution is 2.55. The minimum absolute atomic E-state index is 0.00331. The molecule has 2 aliphatic carbocycles. The predicted octanol–water partition coefficient (Wildman–Crippen LogP) is 4.79. The van der Waals surface area contributed by atoms with E-state index in [0.717, 1.165) is 18.4 Å². The Hall–Kier alpha value is -3.88. The largest absolute Gasteiger partial charge is 0.481 e. The Bertz CT molecular complexity index is 1180. The van der Waals surface area contributed by atoms with E-state index in [4.69, 9.17) is 9.47 Å². The first-order chi connectivity index (χ1) is 18.7. The molecule has 2 aromatic carbocycles. The number of rotatable bonds is 12. The molecule has 4 rings (SSSR count). The zero-order valence-corrected chi connectivity index (χ0v) is 22.0. The van der Waals surface area contributed by atoms with E-state index in [-0.39, 0.29) is 25.3 Å². The van der Waals surface area contributed by atoms with Gasteiger partial charge in [-0.1, -0.05) is 56.5 Å². The number of aliphatic carboxylic acids is 2. The SMILES string of the molecule is CCCC1(C(=O)NCc2ccc(Oc3ccccc3)cc2)CC(C(=O)OC(C(=O)O)C2CCCC2)C1C(=O)O. The molecule has 1 amide bonds. The summed E-state index contributed by atoms with van der Waals surface area (Å²) in [4.78, 5) is 50.5. The number of amides is 1. The molecule has 0 heterocycles. The fourth-order valence-corrected chi connectivity index (χ4v) is 6.02. The van der Waals surface area contributed by atoms with Crippen LogP contribution >= 0.6 is 0 Å². The number of nitrogens with one attached hydrogen (secondary N) is 1. The topological polar surface area (TPSA) is 139 Å². The third-order valence-corrected chi connectivity index (χ3v) is 7.97. The Balaban J connectivity index is 1.40. The van der Waals surface area contributed by atoms with Crippen LogP contribution < -0.4 is 10.1 Å². The third kappa shape index (κ3) is 6.24. The van der Waals surface area contributed by atoms with Crippen LogP contribution in [0.4, 0.5) is 0 Å². The van der Waals surface area contributed by atoms with Gasteiger partial charge >= 0.3 is 17.9 Å². The van der Waals surface area contributed by atoms with Crippen LogP contribution in [0.5, 0.6) is 11.5 Å². The second kappa shape index (κ2) is 12.3. The van der Waals surface area contributed by atoms with Gasteiger partial charge in [0, 0.05) is 12.5 Å². The molecule has 0 saturated heterocycles. The Kier molecular flexibility index (Phi) is 8.89. The van der Waals surface area contributed by atoms with Crippen LogP contribution in [0.15, 0.2) is 54.6 Å². The molecule has 2 fully saturated rings. The lowest BCUT2D eigenvalue weighted by Crippen LogP contribution is -2.62. The molecule has 0 aliphatic heterocycles. The summed E-state index contributed by atoms with van der Waals surface area (Å²) in [7, 11) is 0. The van der Waals surface area contributed by atoms with Crippen molar-refractivity contribution in [2.45, 2.75) is 64.5 Å². The van der Waals surface area contributed by atoms with E-state index in [2.05, 4.69) is 5.32 Å². The van der Waals surface area contributed by atoms with Crippen LogP contribution in [-0.4, -0.2) is 40.1 Å². The first-order valence-corrected chi connectivity index (χ1v) is 13.5. The molecular formula is C30H35NO8. The second-order valence-corrected chi connectivity index (χ2v) is 10.5. The molecular weight excluding hydrogens is 502 g/mol. The molecule has 0 spiro atoms. The molecule has 208 valence electrons. The quantitative estimate of drug-likeness (QED) is 0.329. The summed E-state index contributed by atoms with van der Waals surface area (Å²) in [6.45, 7) is 2.03. The number of para-hydroxylation sites is 1. The lowest BCUT2D eigenvalue weighted by molar-refractivity contribution is -0.192. The number of ether oxygens (including phenoxy) is 2. The number of carboxylic acid groups (broad SMARTS) is 2. The molecule has 2 aliphatic rings. The number of hydrogen-bond acceptors (Lipinski definition) is 6. The zero-order chi connectivity index (χ0) is 28.0. The summed E-state index contributed by atoms with van der Waals surface area (Å²) in [5.74, 6) is -5.06. The van der Waals surface area contributed by atoms with Gasteiger partial charge in [-0.2, -0.15) is 0 Å². The first-order valence-electron chi connectivity index (χ1n) is 13.5. The summed E-state index contributed by atoms with van der Waals surface area (Å²) in [5.41, 5.74) is -0.467. The lowest BCUT2D eigenvalue weighted by Gasteiger charge is -2.50. The molecule has 4 atom stereocenters. The number of esters is 1. The van der Waals surface area contributed by atoms with Crippen LogP contribution in [0.3, 0.4) is 0 Å². The van der Waals surface area contributed by atoms with Crippen molar-refractivity contribution in [1.82, 2.24) is 5.32 Å². The average Bonchev–Trinajstić information content (AvgIpc) is 3.43. The Morgan fingerprint density at radius 1 is 0.974 bits per heavy atom. The smallest absolute Gasteiger partial charge is 0.345 e. The maximum Gasteiger partial charge on any atom is 0.345 e. The summed E-state index contributed by atoms with van der Waals surface area (Å²) in [6, 6.07) is 16.5. The van der Waals surface area contributed by atoms with Crippen molar-refractivity contribution < 1.29 is 38.9 Å². The van der Waals surface area contributed by atoms with Gasteiger partial charge in [0.25, 0.3) is 0 Å². The second-order valence-electron chi connectivity index (χ2n) is 10.5. The molecule has 0 aromatic heterocycles. The average molecular weight is 538 g/mol. The van der Waals surface area contributed by atoms with Crippen molar-refractivity contribution in [2.75, 3.05) is 0 Å². The molecule has 9 nitrogen and oxygen atoms in total. The van der Waals surface area contributed by atoms with E-state index in [9.17, 15) is 29.4 Å². The van der Waals surface area contributed by atoms with E-state index in [1.165, 1.54) is 0 Å². The van der Waals surface area contributed by atoms with Crippen molar-refractivity contribution in [3.05, 3.63) is 60.2 Å². The Morgan fingerprint density at radius 3 is 2.21 bits per heavy atom. The van der Waals surface area contributed by atoms with E-state index >= 15 is 0 Å². The van der Waals surface area contributed by atoms with Crippen molar-refractivity contribution >= 4 is 23.8 Å². The normalized spacial score (nSPS) is 23.3. The van der Waals surface area contributed by atoms with E-state index in [1.54, 1.807) is 12.1 Å². The summed E-state index contributed by atoms with van der Waals surface area (Å²) < 4.78 is 11.2. The third-order valence-electron chi connectivity index (χ3n) is 7.97. The number of carbonyl (C=O) groups is 4. The number of carbonyl (C=O) groups excluding carboxylic acids is 2. The number of hydrogen-bond donors (Lipinski definition) is 3. The highest BCUT2D eigenvalue weighted by atomic mass is 16.6. The van der Waals surface area contributed by atoms with Gasteiger partial charge in [-0.15, -0.1) is 0 Å². The molecule has 0 radical (unpaired) electrons. The Labute approximate surface area is 227 Å². The Morgan fingerprint density at radius 2 is 1.62 bits per heavy atom. The summed E-state index contributed by atoms with van der Waals surface area (Å²) >= 11 is 0. The fourth-order valence-electron chi connectivity index (χ4n) is 6.02. The van der Waals surface area contributed by atoms with Crippen LogP contribution in [-0.2, 0) is 30.5 Å². The molecule has 2 aromatic rings. The van der Waals surface area contributed by atoms with Crippen molar-refractivity contribution in [1.29, 1.82) is 0 Å². The fraction of sp³-hybridized carbons (Fsp3) is 0.467. The maximum atomic E-state index is 13.4. The number of carboxylic acids is 2. The lowest BCUT2D eigenvalue weighted by atomic mass is 9.51. The van der Waals surface area contributed by atoms with Gasteiger partial charge in [-0.25, -0.2) is 4.79 Å². The van der Waals surface area contributed by atoms with Gasteiger partial charge < -0.3 is 25.0 Å². The number of benzene rings is 2. The molecule has 9 heteroatoms. The van der Waals surface area contributed by atoms with Gasteiger partial charge in [0.15, 0.2) is 0 Å². The minimum Gasteiger partial charge on any atom is -0.481 e. The molecule has 3 N–H and O–H groups in total. The van der Waals surface area contributed by atoms with E-state index < -0.39 is 47.2 Å². The van der Waals surface area contributed by atoms with Gasteiger partial charge in [-0.05, 0) is 55.5 Å². The van der Waals surface area contributed by atoms with Crippen molar-refractivity contribution in [3.63, 3.8) is 0 Å². The molecule has 4 unspecified atom stereocenters. The van der Waals surface area contributed by atoms with Crippen LogP contribution in [0.25, 0.3) is 0 Å². The van der Waals surface area contributed by atoms with Crippen LogP contribution in [0.2, 0.25) is 0 Å². The van der Waals surface area contributed by atoms with Crippen molar-refractivity contribution in [3.8, 4) is 11.5 Å². The highest BCUT2D eigenvalue weighted by molar-refractivity contribution is 5.95. The monoisotopic (exact) mass is 537 g/mol. The summed E-state index contributed by atoms with van der Waals surface area (Å²) in [5, 5.41) is 22.5. The molecule has 39 heavy (non-hydrogen) atoms. The van der Waals surface area contributed by atoms with Crippen molar-refractivity contribution in [2.24, 2.45) is 23.2 Å². The van der Waals surface area contributed by atoms with E-state index in [0.29, 0.717) is 30.8 Å².